The Bertz CT molecular complexity index is 911. The number of para-hydroxylation sites is 1. The van der Waals surface area contributed by atoms with Crippen LogP contribution in [0.2, 0.25) is 0 Å². The summed E-state index contributed by atoms with van der Waals surface area (Å²) in [6.45, 7) is 7.39. The van der Waals surface area contributed by atoms with Crippen LogP contribution in [0.3, 0.4) is 0 Å². The number of benzene rings is 1. The van der Waals surface area contributed by atoms with E-state index >= 15 is 0 Å². The molecule has 1 saturated heterocycles. The van der Waals surface area contributed by atoms with Gasteiger partial charge >= 0.3 is 6.03 Å². The van der Waals surface area contributed by atoms with E-state index in [-0.39, 0.29) is 18.1 Å². The van der Waals surface area contributed by atoms with Crippen LogP contribution in [-0.4, -0.2) is 28.0 Å². The third-order valence-corrected chi connectivity index (χ3v) is 4.14. The monoisotopic (exact) mass is 339 g/mol. The summed E-state index contributed by atoms with van der Waals surface area (Å²) < 4.78 is 15.9. The topological polar surface area (TPSA) is 54.3 Å². The third-order valence-electron chi connectivity index (χ3n) is 4.14. The van der Waals surface area contributed by atoms with Gasteiger partial charge in [-0.1, -0.05) is 18.2 Å². The highest BCUT2D eigenvalue weighted by molar-refractivity contribution is 6.14. The number of nitrogens with one attached hydrogen (secondary N) is 1. The van der Waals surface area contributed by atoms with Gasteiger partial charge in [-0.25, -0.2) is 9.18 Å². The van der Waals surface area contributed by atoms with Crippen molar-refractivity contribution in [3.8, 4) is 5.69 Å². The second-order valence-electron chi connectivity index (χ2n) is 5.81. The van der Waals surface area contributed by atoms with Gasteiger partial charge in [-0.15, -0.1) is 6.58 Å². The number of aromatic nitrogens is 1. The SMILES string of the molecule is C=CCN1C(=O)NC(=Cc2cc(C)n(-c3ccccc3F)c2C)C1=O. The Hall–Kier alpha value is -3.15. The molecule has 0 aliphatic carbocycles. The van der Waals surface area contributed by atoms with Crippen LogP contribution in [0.4, 0.5) is 9.18 Å². The molecule has 1 N–H and O–H groups in total. The molecular formula is C19H18FN3O2. The van der Waals surface area contributed by atoms with Gasteiger partial charge in [-0.2, -0.15) is 0 Å². The van der Waals surface area contributed by atoms with E-state index in [1.807, 2.05) is 19.9 Å². The molecule has 0 unspecified atom stereocenters. The quantitative estimate of drug-likeness (QED) is 0.528. The van der Waals surface area contributed by atoms with Crippen molar-refractivity contribution in [2.75, 3.05) is 6.54 Å². The molecule has 0 spiro atoms. The van der Waals surface area contributed by atoms with E-state index in [4.69, 9.17) is 0 Å². The zero-order valence-corrected chi connectivity index (χ0v) is 14.0. The number of hydrogen-bond acceptors (Lipinski definition) is 2. The maximum absolute atomic E-state index is 14.1. The summed E-state index contributed by atoms with van der Waals surface area (Å²) in [7, 11) is 0. The molecule has 0 bridgehead atoms. The van der Waals surface area contributed by atoms with Gasteiger partial charge in [0, 0.05) is 17.9 Å². The Morgan fingerprint density at radius 2 is 1.96 bits per heavy atom. The standard InChI is InChI=1S/C19H18FN3O2/c1-4-9-22-18(24)16(21-19(22)25)11-14-10-12(2)23(13(14)3)17-8-6-5-7-15(17)20/h4-8,10-11H,1,9H2,2-3H3,(H,21,25). The van der Waals surface area contributed by atoms with Gasteiger partial charge in [-0.05, 0) is 43.7 Å². The van der Waals surface area contributed by atoms with Crippen molar-refractivity contribution in [3.63, 3.8) is 0 Å². The first-order chi connectivity index (χ1) is 11.9. The van der Waals surface area contributed by atoms with Crippen LogP contribution in [0.15, 0.2) is 48.7 Å². The molecule has 1 aliphatic rings. The zero-order chi connectivity index (χ0) is 18.1. The first kappa shape index (κ1) is 16.7. The van der Waals surface area contributed by atoms with Gasteiger partial charge in [-0.3, -0.25) is 9.69 Å². The Morgan fingerprint density at radius 3 is 2.64 bits per heavy atom. The number of urea groups is 1. The van der Waals surface area contributed by atoms with Crippen LogP contribution in [0.5, 0.6) is 0 Å². The van der Waals surface area contributed by atoms with Gasteiger partial charge in [0.05, 0.1) is 5.69 Å². The minimum absolute atomic E-state index is 0.149. The maximum atomic E-state index is 14.1. The van der Waals surface area contributed by atoms with Crippen molar-refractivity contribution in [3.05, 3.63) is 71.5 Å². The molecular weight excluding hydrogens is 321 g/mol. The number of carbonyl (C=O) groups is 2. The van der Waals surface area contributed by atoms with Crippen molar-refractivity contribution in [2.24, 2.45) is 0 Å². The van der Waals surface area contributed by atoms with Crippen molar-refractivity contribution in [1.29, 1.82) is 0 Å². The van der Waals surface area contributed by atoms with Crippen LogP contribution in [0, 0.1) is 19.7 Å². The minimum Gasteiger partial charge on any atom is -0.315 e. The predicted molar refractivity (Wildman–Crippen MR) is 93.6 cm³/mol. The molecule has 1 aromatic heterocycles. The summed E-state index contributed by atoms with van der Waals surface area (Å²) in [5.41, 5.74) is 2.98. The number of amides is 3. The van der Waals surface area contributed by atoms with Crippen molar-refractivity contribution in [1.82, 2.24) is 14.8 Å². The predicted octanol–water partition coefficient (Wildman–Crippen LogP) is 3.31. The fourth-order valence-electron chi connectivity index (χ4n) is 2.96. The van der Waals surface area contributed by atoms with E-state index in [2.05, 4.69) is 11.9 Å². The van der Waals surface area contributed by atoms with Crippen LogP contribution < -0.4 is 5.32 Å². The molecule has 0 radical (unpaired) electrons. The fraction of sp³-hybridized carbons (Fsp3) is 0.158. The number of rotatable bonds is 4. The van der Waals surface area contributed by atoms with Gasteiger partial charge < -0.3 is 9.88 Å². The summed E-state index contributed by atoms with van der Waals surface area (Å²) in [4.78, 5) is 25.2. The van der Waals surface area contributed by atoms with Crippen LogP contribution in [-0.2, 0) is 4.79 Å². The molecule has 25 heavy (non-hydrogen) atoms. The van der Waals surface area contributed by atoms with E-state index in [0.29, 0.717) is 5.69 Å². The molecule has 3 rings (SSSR count). The third kappa shape index (κ3) is 2.87. The van der Waals surface area contributed by atoms with E-state index < -0.39 is 11.9 Å². The number of nitrogens with zero attached hydrogens (tertiary/aromatic N) is 2. The van der Waals surface area contributed by atoms with E-state index in [1.165, 1.54) is 12.1 Å². The Labute approximate surface area is 145 Å². The fourth-order valence-corrected chi connectivity index (χ4v) is 2.96. The first-order valence-corrected chi connectivity index (χ1v) is 7.83. The molecule has 1 aromatic carbocycles. The number of halogens is 1. The molecule has 1 fully saturated rings. The summed E-state index contributed by atoms with van der Waals surface area (Å²) in [5.74, 6) is -0.730. The Morgan fingerprint density at radius 1 is 1.24 bits per heavy atom. The van der Waals surface area contributed by atoms with Crippen molar-refractivity contribution >= 4 is 18.0 Å². The van der Waals surface area contributed by atoms with Gasteiger partial charge in [0.2, 0.25) is 0 Å². The lowest BCUT2D eigenvalue weighted by Gasteiger charge is -2.10. The molecule has 128 valence electrons. The Balaban J connectivity index is 2.02. The smallest absolute Gasteiger partial charge is 0.315 e. The van der Waals surface area contributed by atoms with E-state index in [0.717, 1.165) is 21.9 Å². The molecule has 0 atom stereocenters. The number of hydrogen-bond donors (Lipinski definition) is 1. The highest BCUT2D eigenvalue weighted by atomic mass is 19.1. The normalized spacial score (nSPS) is 15.8. The van der Waals surface area contributed by atoms with Crippen molar-refractivity contribution < 1.29 is 14.0 Å². The lowest BCUT2D eigenvalue weighted by Crippen LogP contribution is -2.30. The number of imide groups is 1. The lowest BCUT2D eigenvalue weighted by atomic mass is 10.2. The Kier molecular flexibility index (Phi) is 4.27. The largest absolute Gasteiger partial charge is 0.329 e. The average molecular weight is 339 g/mol. The maximum Gasteiger partial charge on any atom is 0.329 e. The van der Waals surface area contributed by atoms with Crippen LogP contribution in [0.25, 0.3) is 11.8 Å². The molecule has 2 aromatic rings. The molecule has 3 amide bonds. The van der Waals surface area contributed by atoms with Gasteiger partial charge in [0.1, 0.15) is 11.5 Å². The highest BCUT2D eigenvalue weighted by Gasteiger charge is 2.32. The average Bonchev–Trinajstić information content (AvgIpc) is 2.99. The summed E-state index contributed by atoms with van der Waals surface area (Å²) in [6.07, 6.45) is 3.10. The molecule has 1 aliphatic heterocycles. The first-order valence-electron chi connectivity index (χ1n) is 7.83. The van der Waals surface area contributed by atoms with E-state index in [1.54, 1.807) is 28.8 Å². The number of aryl methyl sites for hydroxylation is 1. The second-order valence-corrected chi connectivity index (χ2v) is 5.81. The molecule has 2 heterocycles. The van der Waals surface area contributed by atoms with Crippen LogP contribution in [0.1, 0.15) is 17.0 Å². The van der Waals surface area contributed by atoms with Gasteiger partial charge in [0.15, 0.2) is 0 Å². The summed E-state index contributed by atoms with van der Waals surface area (Å²) in [5, 5.41) is 2.56. The van der Waals surface area contributed by atoms with Crippen molar-refractivity contribution in [2.45, 2.75) is 13.8 Å². The summed E-state index contributed by atoms with van der Waals surface area (Å²) >= 11 is 0. The molecule has 0 saturated carbocycles. The molecule has 6 heteroatoms. The minimum atomic E-state index is -0.473. The lowest BCUT2D eigenvalue weighted by molar-refractivity contribution is -0.122. The van der Waals surface area contributed by atoms with Gasteiger partial charge in [0.25, 0.3) is 5.91 Å². The number of carbonyl (C=O) groups excluding carboxylic acids is 2. The van der Waals surface area contributed by atoms with Crippen LogP contribution >= 0.6 is 0 Å². The highest BCUT2D eigenvalue weighted by Crippen LogP contribution is 2.25. The zero-order valence-electron chi connectivity index (χ0n) is 14.0. The second kappa shape index (κ2) is 6.39. The van der Waals surface area contributed by atoms with E-state index in [9.17, 15) is 14.0 Å². The molecule has 5 nitrogen and oxygen atoms in total. The summed E-state index contributed by atoms with van der Waals surface area (Å²) in [6, 6.07) is 7.88.